The topological polar surface area (TPSA) is 81.2 Å². The van der Waals surface area contributed by atoms with Crippen LogP contribution in [0.2, 0.25) is 5.02 Å². The number of hydrogen-bond acceptors (Lipinski definition) is 5. The van der Waals surface area contributed by atoms with E-state index in [1.54, 1.807) is 0 Å². The maximum Gasteiger partial charge on any atom is 0.226 e. The van der Waals surface area contributed by atoms with Crippen molar-refractivity contribution in [2.75, 3.05) is 13.2 Å². The van der Waals surface area contributed by atoms with Crippen LogP contribution < -0.4 is 11.2 Å². The highest BCUT2D eigenvalue weighted by Gasteiger charge is 2.25. The van der Waals surface area contributed by atoms with Crippen LogP contribution in [0.1, 0.15) is 31.4 Å². The van der Waals surface area contributed by atoms with Gasteiger partial charge in [-0.15, -0.1) is 5.11 Å². The van der Waals surface area contributed by atoms with E-state index < -0.39 is 6.35 Å². The first kappa shape index (κ1) is 16.2. The molecule has 0 amide bonds. The molecular formula is C14H21ClN4O2. The SMILES string of the molecule is CCOC(CC[C@H]1COC(N=NN)N1)c1ccc(Cl)cc1. The van der Waals surface area contributed by atoms with Crippen LogP contribution in [-0.2, 0) is 9.47 Å². The summed E-state index contributed by atoms with van der Waals surface area (Å²) in [6, 6.07) is 8.02. The third-order valence-corrected chi connectivity index (χ3v) is 3.64. The van der Waals surface area contributed by atoms with Crippen molar-refractivity contribution in [3.05, 3.63) is 34.9 Å². The average Bonchev–Trinajstić information content (AvgIpc) is 2.93. The van der Waals surface area contributed by atoms with Gasteiger partial charge in [0.05, 0.1) is 12.7 Å². The number of hydrogen-bond donors (Lipinski definition) is 2. The van der Waals surface area contributed by atoms with Crippen LogP contribution in [0.25, 0.3) is 0 Å². The Hall–Kier alpha value is -1.21. The summed E-state index contributed by atoms with van der Waals surface area (Å²) in [5, 5.41) is 10.9. The van der Waals surface area contributed by atoms with Gasteiger partial charge in [-0.3, -0.25) is 5.32 Å². The third kappa shape index (κ3) is 4.93. The highest BCUT2D eigenvalue weighted by molar-refractivity contribution is 6.30. The van der Waals surface area contributed by atoms with Gasteiger partial charge in [-0.2, -0.15) is 0 Å². The Morgan fingerprint density at radius 1 is 1.48 bits per heavy atom. The summed E-state index contributed by atoms with van der Waals surface area (Å²) in [5.41, 5.74) is 1.14. The second kappa shape index (κ2) is 8.29. The zero-order valence-electron chi connectivity index (χ0n) is 12.0. The molecule has 0 radical (unpaired) electrons. The maximum atomic E-state index is 5.92. The molecule has 0 aliphatic carbocycles. The van der Waals surface area contributed by atoms with Crippen LogP contribution in [0.3, 0.4) is 0 Å². The number of nitrogens with two attached hydrogens (primary N) is 1. The molecule has 1 aliphatic heterocycles. The number of benzene rings is 1. The number of ether oxygens (including phenoxy) is 2. The molecule has 0 saturated carbocycles. The van der Waals surface area contributed by atoms with E-state index in [1.807, 2.05) is 31.2 Å². The van der Waals surface area contributed by atoms with Crippen molar-refractivity contribution < 1.29 is 9.47 Å². The molecule has 0 aromatic heterocycles. The van der Waals surface area contributed by atoms with Crippen molar-refractivity contribution in [3.63, 3.8) is 0 Å². The lowest BCUT2D eigenvalue weighted by molar-refractivity contribution is 0.0525. The molecule has 0 spiro atoms. The Morgan fingerprint density at radius 2 is 2.24 bits per heavy atom. The third-order valence-electron chi connectivity index (χ3n) is 3.39. The average molecular weight is 313 g/mol. The van der Waals surface area contributed by atoms with Crippen molar-refractivity contribution in [2.24, 2.45) is 16.2 Å². The normalized spacial score (nSPS) is 23.7. The molecule has 2 rings (SSSR count). The van der Waals surface area contributed by atoms with Gasteiger partial charge in [-0.1, -0.05) is 29.0 Å². The maximum absolute atomic E-state index is 5.92. The molecular weight excluding hydrogens is 292 g/mol. The van der Waals surface area contributed by atoms with E-state index >= 15 is 0 Å². The number of nitrogens with zero attached hydrogens (tertiary/aromatic N) is 2. The molecule has 3 atom stereocenters. The Kier molecular flexibility index (Phi) is 6.38. The van der Waals surface area contributed by atoms with Crippen LogP contribution >= 0.6 is 11.6 Å². The molecule has 1 aromatic carbocycles. The predicted molar refractivity (Wildman–Crippen MR) is 80.8 cm³/mol. The monoisotopic (exact) mass is 312 g/mol. The molecule has 1 aliphatic rings. The Bertz CT molecular complexity index is 455. The second-order valence-corrected chi connectivity index (χ2v) is 5.29. The van der Waals surface area contributed by atoms with Crippen molar-refractivity contribution in [1.82, 2.24) is 5.32 Å². The van der Waals surface area contributed by atoms with Gasteiger partial charge < -0.3 is 15.3 Å². The molecule has 3 N–H and O–H groups in total. The standard InChI is InChI=1S/C14H21ClN4O2/c1-2-20-13(10-3-5-11(15)6-4-10)8-7-12-9-21-14(17-12)18-19-16/h3-6,12-14,17H,2,7-9H2,1H3,(H2,16,18)/t12-,13?,14?/m0/s1. The van der Waals surface area contributed by atoms with Gasteiger partial charge in [0.15, 0.2) is 0 Å². The van der Waals surface area contributed by atoms with Crippen molar-refractivity contribution in [2.45, 2.75) is 38.3 Å². The summed E-state index contributed by atoms with van der Waals surface area (Å²) in [5.74, 6) is 5.01. The molecule has 1 saturated heterocycles. The first-order chi connectivity index (χ1) is 10.2. The van der Waals surface area contributed by atoms with Crippen LogP contribution in [0.4, 0.5) is 0 Å². The Labute approximate surface area is 129 Å². The second-order valence-electron chi connectivity index (χ2n) is 4.85. The number of halogens is 1. The first-order valence-electron chi connectivity index (χ1n) is 7.07. The first-order valence-corrected chi connectivity index (χ1v) is 7.45. The zero-order chi connectivity index (χ0) is 15.1. The molecule has 1 heterocycles. The summed E-state index contributed by atoms with van der Waals surface area (Å²) in [4.78, 5) is 0. The molecule has 1 fully saturated rings. The van der Waals surface area contributed by atoms with Crippen LogP contribution in [0.5, 0.6) is 0 Å². The van der Waals surface area contributed by atoms with E-state index in [1.165, 1.54) is 0 Å². The summed E-state index contributed by atoms with van der Waals surface area (Å²) >= 11 is 5.92. The fourth-order valence-corrected chi connectivity index (χ4v) is 2.50. The smallest absolute Gasteiger partial charge is 0.226 e. The molecule has 0 bridgehead atoms. The predicted octanol–water partition coefficient (Wildman–Crippen LogP) is 2.80. The van der Waals surface area contributed by atoms with Crippen LogP contribution in [-0.4, -0.2) is 25.6 Å². The minimum Gasteiger partial charge on any atom is -0.374 e. The van der Waals surface area contributed by atoms with Crippen molar-refractivity contribution >= 4 is 11.6 Å². The summed E-state index contributed by atoms with van der Waals surface area (Å²) < 4.78 is 11.2. The van der Waals surface area contributed by atoms with Gasteiger partial charge in [0.25, 0.3) is 0 Å². The van der Waals surface area contributed by atoms with E-state index in [9.17, 15) is 0 Å². The Morgan fingerprint density at radius 3 is 2.90 bits per heavy atom. The lowest BCUT2D eigenvalue weighted by Gasteiger charge is -2.19. The Balaban J connectivity index is 1.87. The quantitative estimate of drug-likeness (QED) is 0.461. The van der Waals surface area contributed by atoms with Gasteiger partial charge in [0.1, 0.15) is 0 Å². The van der Waals surface area contributed by atoms with Crippen molar-refractivity contribution in [1.29, 1.82) is 0 Å². The van der Waals surface area contributed by atoms with Gasteiger partial charge in [0, 0.05) is 17.7 Å². The van der Waals surface area contributed by atoms with E-state index in [2.05, 4.69) is 15.7 Å². The van der Waals surface area contributed by atoms with Gasteiger partial charge in [0.2, 0.25) is 6.35 Å². The van der Waals surface area contributed by atoms with Gasteiger partial charge in [-0.05, 0) is 37.5 Å². The highest BCUT2D eigenvalue weighted by atomic mass is 35.5. The largest absolute Gasteiger partial charge is 0.374 e. The van der Waals surface area contributed by atoms with E-state index in [4.69, 9.17) is 26.9 Å². The lowest BCUT2D eigenvalue weighted by atomic mass is 10.0. The summed E-state index contributed by atoms with van der Waals surface area (Å²) in [6.07, 6.45) is 1.44. The fraction of sp³-hybridized carbons (Fsp3) is 0.571. The van der Waals surface area contributed by atoms with E-state index in [-0.39, 0.29) is 12.1 Å². The minimum absolute atomic E-state index is 0.0595. The van der Waals surface area contributed by atoms with Crippen LogP contribution in [0.15, 0.2) is 34.6 Å². The van der Waals surface area contributed by atoms with Crippen LogP contribution in [0, 0.1) is 0 Å². The zero-order valence-corrected chi connectivity index (χ0v) is 12.8. The van der Waals surface area contributed by atoms with E-state index in [0.29, 0.717) is 13.2 Å². The number of nitrogens with one attached hydrogen (secondary N) is 1. The lowest BCUT2D eigenvalue weighted by Crippen LogP contribution is -2.29. The highest BCUT2D eigenvalue weighted by Crippen LogP contribution is 2.25. The molecule has 116 valence electrons. The molecule has 6 nitrogen and oxygen atoms in total. The van der Waals surface area contributed by atoms with Crippen molar-refractivity contribution in [3.8, 4) is 0 Å². The fourth-order valence-electron chi connectivity index (χ4n) is 2.38. The minimum atomic E-state index is -0.430. The summed E-state index contributed by atoms with van der Waals surface area (Å²) in [7, 11) is 0. The van der Waals surface area contributed by atoms with Gasteiger partial charge in [-0.25, -0.2) is 0 Å². The molecule has 2 unspecified atom stereocenters. The number of rotatable bonds is 7. The van der Waals surface area contributed by atoms with Gasteiger partial charge >= 0.3 is 0 Å². The molecule has 7 heteroatoms. The summed E-state index contributed by atoms with van der Waals surface area (Å²) in [6.45, 7) is 3.27. The van der Waals surface area contributed by atoms with E-state index in [0.717, 1.165) is 23.4 Å². The molecule has 1 aromatic rings. The molecule has 21 heavy (non-hydrogen) atoms.